The van der Waals surface area contributed by atoms with Crippen LogP contribution in [0.2, 0.25) is 0 Å². The molecule has 0 aliphatic carbocycles. The number of hydrogen-bond acceptors (Lipinski definition) is 8. The SMILES string of the molecule is O=C(C(=O)C(O)OO)C(O)OO. The van der Waals surface area contributed by atoms with E-state index in [1.807, 2.05) is 0 Å². The van der Waals surface area contributed by atoms with Gasteiger partial charge in [0.25, 0.3) is 24.1 Å². The summed E-state index contributed by atoms with van der Waals surface area (Å²) in [7, 11) is 0. The molecule has 0 aliphatic heterocycles. The molecule has 0 amide bonds. The number of carbonyl (C=O) groups is 2. The largest absolute Gasteiger partial charge is 0.360 e. The summed E-state index contributed by atoms with van der Waals surface area (Å²) >= 11 is 0. The van der Waals surface area contributed by atoms with Crippen LogP contribution in [-0.2, 0) is 19.4 Å². The average molecular weight is 182 g/mol. The topological polar surface area (TPSA) is 134 Å². The summed E-state index contributed by atoms with van der Waals surface area (Å²) in [4.78, 5) is 27.0. The lowest BCUT2D eigenvalue weighted by atomic mass is 10.2. The Hall–Kier alpha value is -0.900. The van der Waals surface area contributed by atoms with E-state index >= 15 is 0 Å². The van der Waals surface area contributed by atoms with Crippen molar-refractivity contribution in [2.24, 2.45) is 0 Å². The van der Waals surface area contributed by atoms with Crippen LogP contribution in [0.15, 0.2) is 0 Å². The highest BCUT2D eigenvalue weighted by molar-refractivity contribution is 6.39. The predicted molar refractivity (Wildman–Crippen MR) is 29.5 cm³/mol. The van der Waals surface area contributed by atoms with Crippen molar-refractivity contribution in [2.75, 3.05) is 0 Å². The van der Waals surface area contributed by atoms with E-state index in [1.54, 1.807) is 0 Å². The molecule has 2 atom stereocenters. The van der Waals surface area contributed by atoms with Gasteiger partial charge in [-0.1, -0.05) is 0 Å². The molecule has 0 saturated heterocycles. The van der Waals surface area contributed by atoms with E-state index < -0.39 is 24.1 Å². The molecule has 0 spiro atoms. The first-order valence-corrected chi connectivity index (χ1v) is 2.59. The van der Waals surface area contributed by atoms with Crippen LogP contribution >= 0.6 is 0 Å². The number of carbonyl (C=O) groups excluding carboxylic acids is 2. The number of aliphatic hydroxyl groups excluding tert-OH is 2. The van der Waals surface area contributed by atoms with Crippen molar-refractivity contribution in [3.8, 4) is 0 Å². The van der Waals surface area contributed by atoms with Crippen LogP contribution in [0.25, 0.3) is 0 Å². The number of Topliss-reactive ketones (excluding diaryl/α,β-unsaturated/α-hetero) is 2. The van der Waals surface area contributed by atoms with Crippen molar-refractivity contribution in [2.45, 2.75) is 12.6 Å². The van der Waals surface area contributed by atoms with Crippen LogP contribution in [0.1, 0.15) is 0 Å². The third kappa shape index (κ3) is 2.62. The highest BCUT2D eigenvalue weighted by atomic mass is 17.1. The Morgan fingerprint density at radius 1 is 0.917 bits per heavy atom. The maximum absolute atomic E-state index is 10.4. The molecule has 0 aromatic heterocycles. The first kappa shape index (κ1) is 11.1. The molecule has 12 heavy (non-hydrogen) atoms. The second-order valence-electron chi connectivity index (χ2n) is 1.64. The molecular formula is C4H6O8. The first-order valence-electron chi connectivity index (χ1n) is 2.59. The maximum Gasteiger partial charge on any atom is 0.262 e. The molecule has 0 aromatic rings. The Bertz CT molecular complexity index is 156. The number of ketones is 2. The van der Waals surface area contributed by atoms with E-state index in [-0.39, 0.29) is 0 Å². The van der Waals surface area contributed by atoms with Gasteiger partial charge in [-0.05, 0) is 0 Å². The highest BCUT2D eigenvalue weighted by Gasteiger charge is 2.30. The van der Waals surface area contributed by atoms with E-state index in [1.165, 1.54) is 0 Å². The zero-order valence-electron chi connectivity index (χ0n) is 5.58. The molecule has 8 heteroatoms. The molecule has 0 bridgehead atoms. The second kappa shape index (κ2) is 4.87. The van der Waals surface area contributed by atoms with Crippen molar-refractivity contribution in [3.63, 3.8) is 0 Å². The molecule has 0 aromatic carbocycles. The van der Waals surface area contributed by atoms with Crippen LogP contribution in [0.3, 0.4) is 0 Å². The van der Waals surface area contributed by atoms with Crippen LogP contribution in [0.4, 0.5) is 0 Å². The van der Waals surface area contributed by atoms with E-state index in [0.717, 1.165) is 0 Å². The molecule has 0 rings (SSSR count). The van der Waals surface area contributed by atoms with Crippen molar-refractivity contribution in [1.29, 1.82) is 0 Å². The Balaban J connectivity index is 4.19. The van der Waals surface area contributed by atoms with Crippen molar-refractivity contribution in [3.05, 3.63) is 0 Å². The molecule has 0 radical (unpaired) electrons. The van der Waals surface area contributed by atoms with Crippen LogP contribution < -0.4 is 0 Å². The molecule has 4 N–H and O–H groups in total. The summed E-state index contributed by atoms with van der Waals surface area (Å²) in [5, 5.41) is 32.1. The maximum atomic E-state index is 10.4. The minimum Gasteiger partial charge on any atom is -0.360 e. The fraction of sp³-hybridized carbons (Fsp3) is 0.500. The average Bonchev–Trinajstić information content (AvgIpc) is 2.12. The van der Waals surface area contributed by atoms with Gasteiger partial charge in [-0.2, -0.15) is 9.78 Å². The van der Waals surface area contributed by atoms with Gasteiger partial charge < -0.3 is 10.2 Å². The van der Waals surface area contributed by atoms with E-state index in [9.17, 15) is 9.59 Å². The summed E-state index contributed by atoms with van der Waals surface area (Å²) < 4.78 is 0. The Kier molecular flexibility index (Phi) is 4.51. The van der Waals surface area contributed by atoms with Crippen molar-refractivity contribution in [1.82, 2.24) is 0 Å². The number of hydrogen-bond donors (Lipinski definition) is 4. The molecule has 0 saturated carbocycles. The normalized spacial score (nSPS) is 15.3. The minimum absolute atomic E-state index is 1.65. The van der Waals surface area contributed by atoms with Gasteiger partial charge in [0.1, 0.15) is 0 Å². The van der Waals surface area contributed by atoms with Gasteiger partial charge in [0.2, 0.25) is 0 Å². The van der Waals surface area contributed by atoms with Crippen LogP contribution in [0.5, 0.6) is 0 Å². The fourth-order valence-electron chi connectivity index (χ4n) is 0.339. The summed E-state index contributed by atoms with van der Waals surface area (Å²) in [5.74, 6) is -3.31. The van der Waals surface area contributed by atoms with E-state index in [0.29, 0.717) is 0 Å². The van der Waals surface area contributed by atoms with Gasteiger partial charge in [0.15, 0.2) is 0 Å². The highest BCUT2D eigenvalue weighted by Crippen LogP contribution is 1.93. The Morgan fingerprint density at radius 2 is 1.17 bits per heavy atom. The third-order valence-corrected chi connectivity index (χ3v) is 0.891. The van der Waals surface area contributed by atoms with Crippen LogP contribution in [0, 0.1) is 0 Å². The molecule has 0 aliphatic rings. The van der Waals surface area contributed by atoms with Gasteiger partial charge in [-0.3, -0.25) is 9.59 Å². The van der Waals surface area contributed by atoms with Gasteiger partial charge in [-0.15, -0.1) is 0 Å². The minimum atomic E-state index is -2.40. The molecule has 0 heterocycles. The quantitative estimate of drug-likeness (QED) is 0.162. The van der Waals surface area contributed by atoms with Crippen molar-refractivity contribution >= 4 is 11.6 Å². The zero-order chi connectivity index (χ0) is 9.72. The standard InChI is InChI=1S/C4H6O8/c5-1(3(7)11-9)2(6)4(8)12-10/h3-4,7-10H. The van der Waals surface area contributed by atoms with Gasteiger partial charge in [0, 0.05) is 0 Å². The zero-order valence-corrected chi connectivity index (χ0v) is 5.58. The van der Waals surface area contributed by atoms with Crippen molar-refractivity contribution < 1.29 is 40.1 Å². The van der Waals surface area contributed by atoms with Gasteiger partial charge in [0.05, 0.1) is 0 Å². The fourth-order valence-corrected chi connectivity index (χ4v) is 0.339. The van der Waals surface area contributed by atoms with Gasteiger partial charge in [-0.25, -0.2) is 10.5 Å². The monoisotopic (exact) mass is 182 g/mol. The predicted octanol–water partition coefficient (Wildman–Crippen LogP) is -2.26. The Morgan fingerprint density at radius 3 is 1.33 bits per heavy atom. The third-order valence-electron chi connectivity index (χ3n) is 0.891. The lowest BCUT2D eigenvalue weighted by Gasteiger charge is -2.06. The lowest BCUT2D eigenvalue weighted by molar-refractivity contribution is -0.328. The van der Waals surface area contributed by atoms with E-state index in [2.05, 4.69) is 9.78 Å². The lowest BCUT2D eigenvalue weighted by Crippen LogP contribution is -2.38. The number of aliphatic hydroxyl groups is 2. The number of rotatable bonds is 5. The summed E-state index contributed by atoms with van der Waals surface area (Å²) in [6, 6.07) is 0. The molecule has 8 nitrogen and oxygen atoms in total. The van der Waals surface area contributed by atoms with Crippen LogP contribution in [-0.4, -0.2) is 44.9 Å². The van der Waals surface area contributed by atoms with Gasteiger partial charge >= 0.3 is 0 Å². The molecule has 2 unspecified atom stereocenters. The Labute approximate surface area is 65.4 Å². The molecule has 70 valence electrons. The molecular weight excluding hydrogens is 176 g/mol. The summed E-state index contributed by atoms with van der Waals surface area (Å²) in [6.07, 6.45) is -4.80. The summed E-state index contributed by atoms with van der Waals surface area (Å²) in [5.41, 5.74) is 0. The second-order valence-corrected chi connectivity index (χ2v) is 1.64. The smallest absolute Gasteiger partial charge is 0.262 e. The summed E-state index contributed by atoms with van der Waals surface area (Å²) in [6.45, 7) is 0. The molecule has 0 fully saturated rings. The van der Waals surface area contributed by atoms with E-state index in [4.69, 9.17) is 20.7 Å². The first-order chi connectivity index (χ1) is 5.54.